The number of aromatic nitrogens is 5. The molecule has 2 aromatic rings. The fraction of sp³-hybridized carbons (Fsp3) is 0.333. The molecule has 2 heterocycles. The lowest BCUT2D eigenvalue weighted by molar-refractivity contribution is 0.579. The van der Waals surface area contributed by atoms with Crippen molar-refractivity contribution in [3.8, 4) is 0 Å². The van der Waals surface area contributed by atoms with E-state index in [1.165, 1.54) is 0 Å². The summed E-state index contributed by atoms with van der Waals surface area (Å²) in [5, 5.41) is 4.04. The van der Waals surface area contributed by atoms with Crippen molar-refractivity contribution in [3.05, 3.63) is 24.5 Å². The SMILES string of the molecule is Cn1cnc(CCNS(=O)(=O)c2cnc(N)nc2)n1. The van der Waals surface area contributed by atoms with Crippen LogP contribution in [-0.2, 0) is 23.5 Å². The van der Waals surface area contributed by atoms with Crippen LogP contribution in [0, 0.1) is 0 Å². The molecule has 0 aliphatic rings. The van der Waals surface area contributed by atoms with Crippen molar-refractivity contribution in [2.24, 2.45) is 7.05 Å². The van der Waals surface area contributed by atoms with Crippen molar-refractivity contribution in [2.45, 2.75) is 11.3 Å². The predicted octanol–water partition coefficient (Wildman–Crippen LogP) is -1.29. The maximum Gasteiger partial charge on any atom is 0.243 e. The molecule has 3 N–H and O–H groups in total. The lowest BCUT2D eigenvalue weighted by atomic mass is 10.4. The van der Waals surface area contributed by atoms with Gasteiger partial charge in [0.05, 0.1) is 12.4 Å². The van der Waals surface area contributed by atoms with E-state index >= 15 is 0 Å². The third-order valence-electron chi connectivity index (χ3n) is 2.25. The van der Waals surface area contributed by atoms with Gasteiger partial charge >= 0.3 is 0 Å². The van der Waals surface area contributed by atoms with E-state index in [2.05, 4.69) is 24.8 Å². The van der Waals surface area contributed by atoms with Crippen LogP contribution in [0.5, 0.6) is 0 Å². The number of sulfonamides is 1. The molecule has 10 heteroatoms. The fourth-order valence-electron chi connectivity index (χ4n) is 1.34. The molecule has 0 amide bonds. The third-order valence-corrected chi connectivity index (χ3v) is 3.66. The van der Waals surface area contributed by atoms with E-state index in [1.54, 1.807) is 18.1 Å². The Hall–Kier alpha value is -2.07. The third kappa shape index (κ3) is 3.45. The van der Waals surface area contributed by atoms with Gasteiger partial charge in [0.2, 0.25) is 16.0 Å². The Labute approximate surface area is 110 Å². The maximum absolute atomic E-state index is 11.9. The van der Waals surface area contributed by atoms with E-state index in [0.29, 0.717) is 12.2 Å². The topological polar surface area (TPSA) is 129 Å². The van der Waals surface area contributed by atoms with Crippen LogP contribution in [0.1, 0.15) is 5.82 Å². The first-order valence-electron chi connectivity index (χ1n) is 5.39. The van der Waals surface area contributed by atoms with Crippen molar-refractivity contribution >= 4 is 16.0 Å². The molecule has 0 aliphatic heterocycles. The molecule has 19 heavy (non-hydrogen) atoms. The molecule has 102 valence electrons. The Morgan fingerprint density at radius 3 is 2.58 bits per heavy atom. The zero-order valence-electron chi connectivity index (χ0n) is 10.2. The highest BCUT2D eigenvalue weighted by Gasteiger charge is 2.14. The number of nitrogens with one attached hydrogen (secondary N) is 1. The average Bonchev–Trinajstić information content (AvgIpc) is 2.75. The van der Waals surface area contributed by atoms with Crippen molar-refractivity contribution in [3.63, 3.8) is 0 Å². The molecule has 0 radical (unpaired) electrons. The molecule has 0 unspecified atom stereocenters. The normalized spacial score (nSPS) is 11.6. The van der Waals surface area contributed by atoms with Gasteiger partial charge in [0, 0.05) is 20.0 Å². The van der Waals surface area contributed by atoms with Crippen molar-refractivity contribution in [1.82, 2.24) is 29.5 Å². The Balaban J connectivity index is 1.96. The lowest BCUT2D eigenvalue weighted by Crippen LogP contribution is -2.26. The average molecular weight is 283 g/mol. The first-order chi connectivity index (χ1) is 8.97. The molecule has 0 bridgehead atoms. The zero-order valence-corrected chi connectivity index (χ0v) is 11.0. The van der Waals surface area contributed by atoms with Gasteiger partial charge in [0.1, 0.15) is 11.2 Å². The number of nitrogens with zero attached hydrogens (tertiary/aromatic N) is 5. The van der Waals surface area contributed by atoms with Crippen LogP contribution in [0.4, 0.5) is 5.95 Å². The molecule has 0 aromatic carbocycles. The molecule has 0 saturated heterocycles. The highest BCUT2D eigenvalue weighted by atomic mass is 32.2. The minimum Gasteiger partial charge on any atom is -0.368 e. The molecule has 0 fully saturated rings. The zero-order chi connectivity index (χ0) is 13.9. The smallest absolute Gasteiger partial charge is 0.243 e. The van der Waals surface area contributed by atoms with Crippen LogP contribution in [0.2, 0.25) is 0 Å². The largest absolute Gasteiger partial charge is 0.368 e. The number of hydrogen-bond donors (Lipinski definition) is 2. The van der Waals surface area contributed by atoms with Crippen molar-refractivity contribution < 1.29 is 8.42 Å². The van der Waals surface area contributed by atoms with Crippen LogP contribution in [0.3, 0.4) is 0 Å². The quantitative estimate of drug-likeness (QED) is 0.698. The van der Waals surface area contributed by atoms with Gasteiger partial charge in [0.15, 0.2) is 5.82 Å². The van der Waals surface area contributed by atoms with Crippen LogP contribution in [-0.4, -0.2) is 39.7 Å². The molecule has 0 spiro atoms. The fourth-order valence-corrected chi connectivity index (χ4v) is 2.26. The first-order valence-corrected chi connectivity index (χ1v) is 6.87. The summed E-state index contributed by atoms with van der Waals surface area (Å²) in [5.41, 5.74) is 5.29. The standard InChI is InChI=1S/C9H13N7O2S/c1-16-6-13-8(15-16)2-3-14-19(17,18)7-4-11-9(10)12-5-7/h4-6,14H,2-3H2,1H3,(H2,10,11,12). The molecule has 0 atom stereocenters. The second-order valence-corrected chi connectivity index (χ2v) is 5.53. The first kappa shape index (κ1) is 13.4. The highest BCUT2D eigenvalue weighted by molar-refractivity contribution is 7.89. The van der Waals surface area contributed by atoms with Gasteiger partial charge in [-0.2, -0.15) is 5.10 Å². The van der Waals surface area contributed by atoms with E-state index in [-0.39, 0.29) is 17.4 Å². The van der Waals surface area contributed by atoms with Gasteiger partial charge in [0.25, 0.3) is 0 Å². The van der Waals surface area contributed by atoms with Crippen LogP contribution >= 0.6 is 0 Å². The van der Waals surface area contributed by atoms with Crippen molar-refractivity contribution in [1.29, 1.82) is 0 Å². The molecular formula is C9H13N7O2S. The summed E-state index contributed by atoms with van der Waals surface area (Å²) in [6, 6.07) is 0. The maximum atomic E-state index is 11.9. The van der Waals surface area contributed by atoms with E-state index in [0.717, 1.165) is 12.4 Å². The molecule has 0 saturated carbocycles. The van der Waals surface area contributed by atoms with E-state index in [1.807, 2.05) is 0 Å². The number of aryl methyl sites for hydroxylation is 1. The Bertz CT molecular complexity index is 649. The van der Waals surface area contributed by atoms with Gasteiger partial charge < -0.3 is 5.73 Å². The Kier molecular flexibility index (Phi) is 3.71. The number of hydrogen-bond acceptors (Lipinski definition) is 7. The second-order valence-electron chi connectivity index (χ2n) is 3.76. The monoisotopic (exact) mass is 283 g/mol. The molecule has 2 aromatic heterocycles. The summed E-state index contributed by atoms with van der Waals surface area (Å²) >= 11 is 0. The van der Waals surface area contributed by atoms with Gasteiger partial charge in [-0.15, -0.1) is 0 Å². The summed E-state index contributed by atoms with van der Waals surface area (Å²) in [7, 11) is -1.89. The summed E-state index contributed by atoms with van der Waals surface area (Å²) in [6.45, 7) is 0.191. The summed E-state index contributed by atoms with van der Waals surface area (Å²) < 4.78 is 27.7. The molecule has 9 nitrogen and oxygen atoms in total. The van der Waals surface area contributed by atoms with Crippen LogP contribution in [0.25, 0.3) is 0 Å². The Morgan fingerprint density at radius 2 is 2.00 bits per heavy atom. The lowest BCUT2D eigenvalue weighted by Gasteiger charge is -2.04. The minimum atomic E-state index is -3.63. The predicted molar refractivity (Wildman–Crippen MR) is 66.3 cm³/mol. The summed E-state index contributed by atoms with van der Waals surface area (Å²) in [6.07, 6.45) is 4.26. The number of rotatable bonds is 5. The van der Waals surface area contributed by atoms with Crippen LogP contribution < -0.4 is 10.5 Å². The van der Waals surface area contributed by atoms with Gasteiger partial charge in [-0.3, -0.25) is 4.68 Å². The summed E-state index contributed by atoms with van der Waals surface area (Å²) in [5.74, 6) is 0.593. The second kappa shape index (κ2) is 5.28. The molecule has 0 aliphatic carbocycles. The van der Waals surface area contributed by atoms with Gasteiger partial charge in [-0.1, -0.05) is 0 Å². The Morgan fingerprint density at radius 1 is 1.32 bits per heavy atom. The summed E-state index contributed by atoms with van der Waals surface area (Å²) in [4.78, 5) is 11.2. The van der Waals surface area contributed by atoms with Gasteiger partial charge in [-0.25, -0.2) is 28.1 Å². The van der Waals surface area contributed by atoms with E-state index in [9.17, 15) is 8.42 Å². The molecule has 2 rings (SSSR count). The number of nitrogens with two attached hydrogens (primary N) is 1. The van der Waals surface area contributed by atoms with Crippen LogP contribution in [0.15, 0.2) is 23.6 Å². The molecular weight excluding hydrogens is 270 g/mol. The number of anilines is 1. The van der Waals surface area contributed by atoms with Crippen molar-refractivity contribution in [2.75, 3.05) is 12.3 Å². The van der Waals surface area contributed by atoms with E-state index in [4.69, 9.17) is 5.73 Å². The minimum absolute atomic E-state index is 0.0247. The van der Waals surface area contributed by atoms with E-state index < -0.39 is 10.0 Å². The van der Waals surface area contributed by atoms with Gasteiger partial charge in [-0.05, 0) is 0 Å². The number of nitrogen functional groups attached to an aromatic ring is 1. The highest BCUT2D eigenvalue weighted by Crippen LogP contribution is 2.05.